The van der Waals surface area contributed by atoms with E-state index < -0.39 is 0 Å². The van der Waals surface area contributed by atoms with Gasteiger partial charge in [-0.05, 0) is 23.8 Å². The first-order valence-electron chi connectivity index (χ1n) is 5.15. The number of hydrogen-bond donors (Lipinski definition) is 1. The second-order valence-corrected chi connectivity index (χ2v) is 5.06. The van der Waals surface area contributed by atoms with Crippen LogP contribution in [0.1, 0.15) is 24.5 Å². The second kappa shape index (κ2) is 7.39. The zero-order valence-corrected chi connectivity index (χ0v) is 11.1. The first kappa shape index (κ1) is 14.1. The van der Waals surface area contributed by atoms with Crippen molar-refractivity contribution in [2.45, 2.75) is 20.0 Å². The molecular formula is C13H13ClO2S. The minimum Gasteiger partial charge on any atom is -0.392 e. The fourth-order valence-electron chi connectivity index (χ4n) is 1.22. The van der Waals surface area contributed by atoms with E-state index in [1.54, 1.807) is 25.1 Å². The average molecular weight is 269 g/mol. The number of carbonyl (C=O) groups is 1. The highest BCUT2D eigenvalue weighted by molar-refractivity contribution is 8.13. The summed E-state index contributed by atoms with van der Waals surface area (Å²) in [5.74, 6) is 6.64. The van der Waals surface area contributed by atoms with Crippen LogP contribution in [0.5, 0.6) is 0 Å². The number of aliphatic hydroxyl groups excluding tert-OH is 1. The molecule has 0 saturated heterocycles. The van der Waals surface area contributed by atoms with E-state index in [-0.39, 0.29) is 11.7 Å². The first-order chi connectivity index (χ1) is 8.13. The van der Waals surface area contributed by atoms with E-state index in [0.29, 0.717) is 17.2 Å². The van der Waals surface area contributed by atoms with Crippen LogP contribution >= 0.6 is 23.4 Å². The number of thioether (sulfide) groups is 1. The predicted octanol–water partition coefficient (Wildman–Crippen LogP) is 2.85. The van der Waals surface area contributed by atoms with Crippen molar-refractivity contribution >= 4 is 28.5 Å². The van der Waals surface area contributed by atoms with Gasteiger partial charge in [-0.3, -0.25) is 4.79 Å². The molecule has 0 heterocycles. The van der Waals surface area contributed by atoms with E-state index in [1.165, 1.54) is 11.8 Å². The van der Waals surface area contributed by atoms with Crippen molar-refractivity contribution in [1.82, 2.24) is 0 Å². The van der Waals surface area contributed by atoms with E-state index in [9.17, 15) is 4.79 Å². The van der Waals surface area contributed by atoms with Crippen molar-refractivity contribution in [3.63, 3.8) is 0 Å². The van der Waals surface area contributed by atoms with Crippen LogP contribution < -0.4 is 0 Å². The Kier molecular flexibility index (Phi) is 6.13. The Hall–Kier alpha value is -0.950. The predicted molar refractivity (Wildman–Crippen MR) is 72.0 cm³/mol. The summed E-state index contributed by atoms with van der Waals surface area (Å²) in [4.78, 5) is 10.7. The molecule has 0 amide bonds. The highest BCUT2D eigenvalue weighted by atomic mass is 35.5. The SMILES string of the molecule is CC(=O)SCCC#Cc1ccc(Cl)cc1CO. The summed E-state index contributed by atoms with van der Waals surface area (Å²) in [5.41, 5.74) is 1.51. The molecule has 2 nitrogen and oxygen atoms in total. The zero-order valence-electron chi connectivity index (χ0n) is 9.50. The molecule has 0 fully saturated rings. The molecule has 0 aliphatic heterocycles. The van der Waals surface area contributed by atoms with Gasteiger partial charge in [-0.1, -0.05) is 35.2 Å². The highest BCUT2D eigenvalue weighted by Crippen LogP contribution is 2.15. The summed E-state index contributed by atoms with van der Waals surface area (Å²) >= 11 is 7.08. The quantitative estimate of drug-likeness (QED) is 0.677. The third-order valence-corrected chi connectivity index (χ3v) is 3.04. The van der Waals surface area contributed by atoms with Crippen LogP contribution in [0.4, 0.5) is 0 Å². The first-order valence-corrected chi connectivity index (χ1v) is 6.51. The maximum absolute atomic E-state index is 10.7. The molecule has 0 radical (unpaired) electrons. The molecule has 1 aromatic rings. The van der Waals surface area contributed by atoms with E-state index in [2.05, 4.69) is 11.8 Å². The number of hydrogen-bond acceptors (Lipinski definition) is 3. The van der Waals surface area contributed by atoms with Crippen LogP contribution in [0.2, 0.25) is 5.02 Å². The monoisotopic (exact) mass is 268 g/mol. The lowest BCUT2D eigenvalue weighted by Crippen LogP contribution is -1.89. The molecule has 1 N–H and O–H groups in total. The van der Waals surface area contributed by atoms with Crippen LogP contribution in [0, 0.1) is 11.8 Å². The van der Waals surface area contributed by atoms with Crippen LogP contribution in [-0.2, 0) is 11.4 Å². The fraction of sp³-hybridized carbons (Fsp3) is 0.308. The molecule has 0 aliphatic carbocycles. The van der Waals surface area contributed by atoms with Gasteiger partial charge in [0, 0.05) is 29.7 Å². The Morgan fingerprint density at radius 1 is 1.53 bits per heavy atom. The minimum absolute atomic E-state index is 0.0766. The van der Waals surface area contributed by atoms with Crippen LogP contribution in [0.15, 0.2) is 18.2 Å². The smallest absolute Gasteiger partial charge is 0.185 e. The average Bonchev–Trinajstić information content (AvgIpc) is 2.29. The summed E-state index contributed by atoms with van der Waals surface area (Å²) in [5, 5.41) is 9.84. The third kappa shape index (κ3) is 5.27. The van der Waals surface area contributed by atoms with E-state index in [4.69, 9.17) is 16.7 Å². The van der Waals surface area contributed by atoms with Gasteiger partial charge in [-0.25, -0.2) is 0 Å². The van der Waals surface area contributed by atoms with Crippen molar-refractivity contribution in [2.75, 3.05) is 5.75 Å². The molecule has 0 aliphatic rings. The van der Waals surface area contributed by atoms with Gasteiger partial charge in [0.25, 0.3) is 0 Å². The Morgan fingerprint density at radius 3 is 2.94 bits per heavy atom. The van der Waals surface area contributed by atoms with Gasteiger partial charge in [-0.15, -0.1) is 0 Å². The molecule has 0 saturated carbocycles. The third-order valence-electron chi connectivity index (χ3n) is 1.99. The van der Waals surface area contributed by atoms with Crippen molar-refractivity contribution < 1.29 is 9.90 Å². The highest BCUT2D eigenvalue weighted by Gasteiger charge is 1.99. The number of carbonyl (C=O) groups excluding carboxylic acids is 1. The molecular weight excluding hydrogens is 256 g/mol. The van der Waals surface area contributed by atoms with Gasteiger partial charge < -0.3 is 5.11 Å². The van der Waals surface area contributed by atoms with E-state index in [1.807, 2.05) is 0 Å². The van der Waals surface area contributed by atoms with Crippen molar-refractivity contribution in [1.29, 1.82) is 0 Å². The van der Waals surface area contributed by atoms with Crippen molar-refractivity contribution in [3.05, 3.63) is 34.3 Å². The maximum Gasteiger partial charge on any atom is 0.185 e. The Balaban J connectivity index is 2.62. The molecule has 0 atom stereocenters. The lowest BCUT2D eigenvalue weighted by molar-refractivity contribution is -0.109. The molecule has 90 valence electrons. The number of halogens is 1. The van der Waals surface area contributed by atoms with Crippen LogP contribution in [0.25, 0.3) is 0 Å². The fourth-order valence-corrected chi connectivity index (χ4v) is 1.90. The Bertz CT molecular complexity index is 460. The maximum atomic E-state index is 10.7. The number of benzene rings is 1. The van der Waals surface area contributed by atoms with Gasteiger partial charge in [0.05, 0.1) is 6.61 Å². The zero-order chi connectivity index (χ0) is 12.7. The summed E-state index contributed by atoms with van der Waals surface area (Å²) in [7, 11) is 0. The van der Waals surface area contributed by atoms with Gasteiger partial charge in [0.2, 0.25) is 0 Å². The van der Waals surface area contributed by atoms with Crippen molar-refractivity contribution in [2.24, 2.45) is 0 Å². The van der Waals surface area contributed by atoms with E-state index >= 15 is 0 Å². The summed E-state index contributed by atoms with van der Waals surface area (Å²) in [6.07, 6.45) is 0.651. The Labute approximate surface area is 110 Å². The van der Waals surface area contributed by atoms with E-state index in [0.717, 1.165) is 11.1 Å². The molecule has 4 heteroatoms. The molecule has 17 heavy (non-hydrogen) atoms. The number of aliphatic hydroxyl groups is 1. The normalized spacial score (nSPS) is 9.59. The minimum atomic E-state index is -0.0766. The molecule has 0 aromatic heterocycles. The summed E-state index contributed by atoms with van der Waals surface area (Å²) in [6.45, 7) is 1.47. The molecule has 1 aromatic carbocycles. The van der Waals surface area contributed by atoms with Crippen LogP contribution in [0.3, 0.4) is 0 Å². The molecule has 0 unspecified atom stereocenters. The molecule has 0 spiro atoms. The van der Waals surface area contributed by atoms with Gasteiger partial charge in [0.15, 0.2) is 5.12 Å². The lowest BCUT2D eigenvalue weighted by atomic mass is 10.1. The van der Waals surface area contributed by atoms with Gasteiger partial charge in [0.1, 0.15) is 0 Å². The second-order valence-electron chi connectivity index (χ2n) is 3.35. The number of rotatable bonds is 3. The summed E-state index contributed by atoms with van der Waals surface area (Å²) in [6, 6.07) is 5.24. The van der Waals surface area contributed by atoms with Crippen molar-refractivity contribution in [3.8, 4) is 11.8 Å². The standard InChI is InChI=1S/C13H13ClO2S/c1-10(16)17-7-3-2-4-11-5-6-13(14)8-12(11)9-15/h5-6,8,15H,3,7,9H2,1H3. The molecule has 0 bridgehead atoms. The lowest BCUT2D eigenvalue weighted by Gasteiger charge is -2.00. The topological polar surface area (TPSA) is 37.3 Å². The van der Waals surface area contributed by atoms with Gasteiger partial charge >= 0.3 is 0 Å². The largest absolute Gasteiger partial charge is 0.392 e. The Morgan fingerprint density at radius 2 is 2.29 bits per heavy atom. The molecule has 1 rings (SSSR count). The summed E-state index contributed by atoms with van der Waals surface area (Å²) < 4.78 is 0. The van der Waals surface area contributed by atoms with Gasteiger partial charge in [-0.2, -0.15) is 0 Å². The van der Waals surface area contributed by atoms with Crippen LogP contribution in [-0.4, -0.2) is 16.0 Å².